The fourth-order valence-electron chi connectivity index (χ4n) is 2.34. The molecule has 1 aliphatic carbocycles. The van der Waals surface area contributed by atoms with Gasteiger partial charge in [0, 0.05) is 5.88 Å². The summed E-state index contributed by atoms with van der Waals surface area (Å²) in [7, 11) is 0. The molecule has 0 spiro atoms. The molecule has 1 rings (SSSR count). The normalized spacial score (nSPS) is 38.4. The van der Waals surface area contributed by atoms with Crippen LogP contribution in [0.2, 0.25) is 0 Å². The first kappa shape index (κ1) is 11.1. The van der Waals surface area contributed by atoms with E-state index in [1.165, 1.54) is 0 Å². The van der Waals surface area contributed by atoms with Gasteiger partial charge in [0.25, 0.3) is 0 Å². The Morgan fingerprint density at radius 2 is 2.00 bits per heavy atom. The molecule has 3 unspecified atom stereocenters. The molecule has 0 bridgehead atoms. The second-order valence-electron chi connectivity index (χ2n) is 4.38. The summed E-state index contributed by atoms with van der Waals surface area (Å²) < 4.78 is 0. The third-order valence-corrected chi connectivity index (χ3v) is 4.50. The summed E-state index contributed by atoms with van der Waals surface area (Å²) in [6.45, 7) is 5.59. The summed E-state index contributed by atoms with van der Waals surface area (Å²) in [5, 5.41) is 8.81. The molecule has 0 radical (unpaired) electrons. The highest BCUT2D eigenvalue weighted by atomic mass is 35.5. The van der Waals surface area contributed by atoms with Gasteiger partial charge in [-0.15, -0.1) is 23.2 Å². The van der Waals surface area contributed by atoms with Crippen molar-refractivity contribution in [1.82, 2.24) is 0 Å². The van der Waals surface area contributed by atoms with Gasteiger partial charge in [0.15, 0.2) is 0 Å². The molecule has 0 aromatic heterocycles. The molecule has 0 saturated heterocycles. The highest BCUT2D eigenvalue weighted by Crippen LogP contribution is 2.70. The van der Waals surface area contributed by atoms with Gasteiger partial charge in [0.05, 0.1) is 10.8 Å². The highest BCUT2D eigenvalue weighted by molar-refractivity contribution is 6.28. The Morgan fingerprint density at radius 3 is 2.23 bits per heavy atom. The third kappa shape index (κ3) is 1.26. The minimum atomic E-state index is -0.779. The molecule has 0 amide bonds. The number of rotatable bonds is 3. The number of carbonyl (C=O) groups is 1. The first-order chi connectivity index (χ1) is 5.80. The van der Waals surface area contributed by atoms with Crippen molar-refractivity contribution in [3.05, 3.63) is 0 Å². The number of carboxylic acids is 1. The molecule has 1 saturated carbocycles. The first-order valence-corrected chi connectivity index (χ1v) is 5.20. The van der Waals surface area contributed by atoms with Crippen molar-refractivity contribution in [3.63, 3.8) is 0 Å². The lowest BCUT2D eigenvalue weighted by Crippen LogP contribution is -2.19. The first-order valence-electron chi connectivity index (χ1n) is 4.23. The van der Waals surface area contributed by atoms with E-state index in [1.54, 1.807) is 6.92 Å². The maximum atomic E-state index is 11.0. The van der Waals surface area contributed by atoms with Gasteiger partial charge in [0.1, 0.15) is 0 Å². The van der Waals surface area contributed by atoms with Crippen LogP contribution >= 0.6 is 23.2 Å². The maximum Gasteiger partial charge on any atom is 0.310 e. The summed E-state index contributed by atoms with van der Waals surface area (Å²) >= 11 is 11.6. The number of hydrogen-bond donors (Lipinski definition) is 1. The monoisotopic (exact) mass is 224 g/mol. The average Bonchev–Trinajstić information content (AvgIpc) is 2.47. The topological polar surface area (TPSA) is 37.3 Å². The van der Waals surface area contributed by atoms with E-state index >= 15 is 0 Å². The van der Waals surface area contributed by atoms with E-state index in [9.17, 15) is 4.79 Å². The minimum absolute atomic E-state index is 0.0309. The van der Waals surface area contributed by atoms with E-state index in [2.05, 4.69) is 0 Å². The largest absolute Gasteiger partial charge is 0.481 e. The van der Waals surface area contributed by atoms with Crippen LogP contribution in [-0.2, 0) is 4.79 Å². The average molecular weight is 225 g/mol. The molecule has 0 heterocycles. The van der Waals surface area contributed by atoms with Crippen LogP contribution in [0.25, 0.3) is 0 Å². The molecule has 76 valence electrons. The predicted molar refractivity (Wildman–Crippen MR) is 53.4 cm³/mol. The van der Waals surface area contributed by atoms with E-state index < -0.39 is 11.4 Å². The summed E-state index contributed by atoms with van der Waals surface area (Å²) in [5.41, 5.74) is -0.964. The van der Waals surface area contributed by atoms with Crippen LogP contribution in [-0.4, -0.2) is 22.3 Å². The summed E-state index contributed by atoms with van der Waals surface area (Å²) in [5.74, 6) is -0.506. The van der Waals surface area contributed by atoms with E-state index in [4.69, 9.17) is 28.3 Å². The van der Waals surface area contributed by atoms with Crippen molar-refractivity contribution < 1.29 is 9.90 Å². The Bertz CT molecular complexity index is 240. The second-order valence-corrected chi connectivity index (χ2v) is 5.25. The molecule has 0 aromatic carbocycles. The van der Waals surface area contributed by atoms with Crippen molar-refractivity contribution in [2.24, 2.45) is 16.7 Å². The fourth-order valence-corrected chi connectivity index (χ4v) is 3.08. The van der Waals surface area contributed by atoms with E-state index in [1.807, 2.05) is 13.8 Å². The van der Waals surface area contributed by atoms with E-state index in [-0.39, 0.29) is 16.7 Å². The molecule has 4 heteroatoms. The molecule has 1 N–H and O–H groups in total. The van der Waals surface area contributed by atoms with Crippen LogP contribution in [0.3, 0.4) is 0 Å². The van der Waals surface area contributed by atoms with Crippen LogP contribution in [0, 0.1) is 16.7 Å². The van der Waals surface area contributed by atoms with Gasteiger partial charge >= 0.3 is 5.97 Å². The summed E-state index contributed by atoms with van der Waals surface area (Å²) in [4.78, 5) is 11.0. The molecule has 13 heavy (non-hydrogen) atoms. The van der Waals surface area contributed by atoms with Crippen molar-refractivity contribution in [1.29, 1.82) is 0 Å². The van der Waals surface area contributed by atoms with Crippen molar-refractivity contribution >= 4 is 29.2 Å². The van der Waals surface area contributed by atoms with Gasteiger partial charge in [-0.3, -0.25) is 4.79 Å². The standard InChI is InChI=1S/C9H14Cl2O2/c1-8(2)6(5(11)4-10)9(8,3)7(12)13/h5-6H,4H2,1-3H3,(H,12,13). The van der Waals surface area contributed by atoms with Gasteiger partial charge in [-0.2, -0.15) is 0 Å². The van der Waals surface area contributed by atoms with Crippen LogP contribution in [0.5, 0.6) is 0 Å². The lowest BCUT2D eigenvalue weighted by molar-refractivity contribution is -0.144. The van der Waals surface area contributed by atoms with Crippen molar-refractivity contribution in [2.75, 3.05) is 5.88 Å². The number of aliphatic carboxylic acids is 1. The van der Waals surface area contributed by atoms with E-state index in [0.29, 0.717) is 5.88 Å². The lowest BCUT2D eigenvalue weighted by atomic mass is 9.99. The quantitative estimate of drug-likeness (QED) is 0.749. The molecule has 0 aromatic rings. The molecule has 2 nitrogen and oxygen atoms in total. The Kier molecular flexibility index (Phi) is 2.59. The number of alkyl halides is 2. The zero-order valence-electron chi connectivity index (χ0n) is 7.97. The van der Waals surface area contributed by atoms with Gasteiger partial charge in [0.2, 0.25) is 0 Å². The van der Waals surface area contributed by atoms with Crippen molar-refractivity contribution in [2.45, 2.75) is 26.1 Å². The third-order valence-electron chi connectivity index (χ3n) is 3.61. The van der Waals surface area contributed by atoms with Crippen LogP contribution < -0.4 is 0 Å². The Labute approximate surface area is 88.2 Å². The lowest BCUT2D eigenvalue weighted by Gasteiger charge is -2.07. The summed E-state index contributed by atoms with van der Waals surface area (Å²) in [6, 6.07) is 0. The second kappa shape index (κ2) is 3.03. The molecule has 1 aliphatic rings. The number of hydrogen-bond acceptors (Lipinski definition) is 1. The van der Waals surface area contributed by atoms with Gasteiger partial charge < -0.3 is 5.11 Å². The molecule has 3 atom stereocenters. The Balaban J connectivity index is 2.88. The predicted octanol–water partition coefficient (Wildman–Crippen LogP) is 2.58. The fraction of sp³-hybridized carbons (Fsp3) is 0.889. The van der Waals surface area contributed by atoms with E-state index in [0.717, 1.165) is 0 Å². The Morgan fingerprint density at radius 1 is 1.54 bits per heavy atom. The SMILES string of the molecule is CC1(C)C(C(Cl)CCl)C1(C)C(=O)O. The maximum absolute atomic E-state index is 11.0. The van der Waals surface area contributed by atoms with Gasteiger partial charge in [-0.05, 0) is 18.3 Å². The molecule has 1 fully saturated rings. The van der Waals surface area contributed by atoms with Crippen LogP contribution in [0.15, 0.2) is 0 Å². The highest BCUT2D eigenvalue weighted by Gasteiger charge is 2.74. The summed E-state index contributed by atoms with van der Waals surface area (Å²) in [6.07, 6.45) is 0. The zero-order valence-corrected chi connectivity index (χ0v) is 9.49. The smallest absolute Gasteiger partial charge is 0.310 e. The van der Waals surface area contributed by atoms with Crippen LogP contribution in [0.1, 0.15) is 20.8 Å². The minimum Gasteiger partial charge on any atom is -0.481 e. The van der Waals surface area contributed by atoms with Crippen molar-refractivity contribution in [3.8, 4) is 0 Å². The number of carboxylic acid groups (broad SMARTS) is 1. The molecular formula is C9H14Cl2O2. The zero-order chi connectivity index (χ0) is 10.4. The van der Waals surface area contributed by atoms with Crippen LogP contribution in [0.4, 0.5) is 0 Å². The van der Waals surface area contributed by atoms with Gasteiger partial charge in [-0.1, -0.05) is 13.8 Å². The number of halogens is 2. The molecule has 0 aliphatic heterocycles. The molecular weight excluding hydrogens is 211 g/mol. The Hall–Kier alpha value is 0.0500. The van der Waals surface area contributed by atoms with Gasteiger partial charge in [-0.25, -0.2) is 0 Å².